The molecule has 0 atom stereocenters. The predicted octanol–water partition coefficient (Wildman–Crippen LogP) is 1.42. The van der Waals surface area contributed by atoms with Crippen molar-refractivity contribution >= 4 is 5.91 Å². The number of hydrogen-bond donors (Lipinski definition) is 0. The minimum absolute atomic E-state index is 0.0270. The molecule has 4 heteroatoms. The van der Waals surface area contributed by atoms with E-state index in [0.717, 1.165) is 0 Å². The lowest BCUT2D eigenvalue weighted by Crippen LogP contribution is -2.37. The molecule has 0 fully saturated rings. The van der Waals surface area contributed by atoms with Crippen LogP contribution >= 0.6 is 0 Å². The summed E-state index contributed by atoms with van der Waals surface area (Å²) in [6.07, 6.45) is 0.380. The minimum atomic E-state index is -0.0270. The van der Waals surface area contributed by atoms with Crippen molar-refractivity contribution in [1.82, 2.24) is 4.90 Å². The molecule has 0 aromatic rings. The van der Waals surface area contributed by atoms with Crippen LogP contribution in [0.4, 0.5) is 0 Å². The Kier molecular flexibility index (Phi) is 7.65. The van der Waals surface area contributed by atoms with Crippen LogP contribution in [0.2, 0.25) is 0 Å². The van der Waals surface area contributed by atoms with Crippen LogP contribution < -0.4 is 0 Å². The Balaban J connectivity index is 4.09. The molecule has 86 valence electrons. The Morgan fingerprint density at radius 2 is 2.20 bits per heavy atom. The van der Waals surface area contributed by atoms with E-state index in [9.17, 15) is 4.79 Å². The van der Waals surface area contributed by atoms with Crippen LogP contribution in [-0.2, 0) is 9.53 Å². The van der Waals surface area contributed by atoms with Crippen LogP contribution in [0.5, 0.6) is 0 Å². The maximum absolute atomic E-state index is 11.6. The summed E-state index contributed by atoms with van der Waals surface area (Å²) in [5, 5.41) is 8.49. The first-order chi connectivity index (χ1) is 7.11. The van der Waals surface area contributed by atoms with E-state index in [1.807, 2.05) is 26.8 Å². The molecule has 0 saturated carbocycles. The lowest BCUT2D eigenvalue weighted by Gasteiger charge is -2.23. The van der Waals surface area contributed by atoms with Gasteiger partial charge in [-0.2, -0.15) is 5.26 Å². The fourth-order valence-electron chi connectivity index (χ4n) is 1.22. The standard InChI is InChI=1S/C11H20N2O2/c1-4-15-9-11(14)13(7-5-6-12)8-10(2)3/h10H,4-5,7-9H2,1-3H3. The van der Waals surface area contributed by atoms with Gasteiger partial charge >= 0.3 is 0 Å². The molecule has 0 bridgehead atoms. The zero-order valence-electron chi connectivity index (χ0n) is 9.82. The molecule has 0 aliphatic carbocycles. The van der Waals surface area contributed by atoms with Crippen LogP contribution in [0, 0.1) is 17.2 Å². The first kappa shape index (κ1) is 13.9. The highest BCUT2D eigenvalue weighted by Gasteiger charge is 2.14. The Bertz CT molecular complexity index is 221. The Hall–Kier alpha value is -1.08. The van der Waals surface area contributed by atoms with Crippen molar-refractivity contribution in [2.45, 2.75) is 27.2 Å². The van der Waals surface area contributed by atoms with Crippen molar-refractivity contribution in [2.24, 2.45) is 5.92 Å². The number of nitriles is 1. The largest absolute Gasteiger partial charge is 0.372 e. The zero-order valence-corrected chi connectivity index (χ0v) is 9.82. The second-order valence-corrected chi connectivity index (χ2v) is 3.78. The van der Waals surface area contributed by atoms with Crippen molar-refractivity contribution in [3.05, 3.63) is 0 Å². The summed E-state index contributed by atoms with van der Waals surface area (Å²) < 4.78 is 5.06. The van der Waals surface area contributed by atoms with Gasteiger partial charge in [-0.05, 0) is 12.8 Å². The van der Waals surface area contributed by atoms with Crippen LogP contribution in [0.1, 0.15) is 27.2 Å². The van der Waals surface area contributed by atoms with Gasteiger partial charge in [-0.15, -0.1) is 0 Å². The second kappa shape index (κ2) is 8.25. The maximum atomic E-state index is 11.6. The van der Waals surface area contributed by atoms with Gasteiger partial charge in [0.25, 0.3) is 0 Å². The van der Waals surface area contributed by atoms with E-state index in [1.54, 1.807) is 4.90 Å². The molecule has 0 heterocycles. The first-order valence-electron chi connectivity index (χ1n) is 5.34. The average Bonchev–Trinajstić information content (AvgIpc) is 2.20. The summed E-state index contributed by atoms with van der Waals surface area (Å²) >= 11 is 0. The van der Waals surface area contributed by atoms with Crippen molar-refractivity contribution in [3.63, 3.8) is 0 Å². The van der Waals surface area contributed by atoms with Gasteiger partial charge in [0, 0.05) is 19.7 Å². The molecule has 0 rings (SSSR count). The summed E-state index contributed by atoms with van der Waals surface area (Å²) in [5.41, 5.74) is 0. The van der Waals surface area contributed by atoms with E-state index < -0.39 is 0 Å². The molecule has 15 heavy (non-hydrogen) atoms. The monoisotopic (exact) mass is 212 g/mol. The third kappa shape index (κ3) is 6.92. The van der Waals surface area contributed by atoms with Gasteiger partial charge in [0.05, 0.1) is 12.5 Å². The molecule has 4 nitrogen and oxygen atoms in total. The van der Waals surface area contributed by atoms with Gasteiger partial charge in [0.2, 0.25) is 5.91 Å². The number of ether oxygens (including phenoxy) is 1. The smallest absolute Gasteiger partial charge is 0.248 e. The molecule has 0 aliphatic rings. The van der Waals surface area contributed by atoms with Crippen LogP contribution in [-0.4, -0.2) is 37.1 Å². The third-order valence-corrected chi connectivity index (χ3v) is 1.86. The summed E-state index contributed by atoms with van der Waals surface area (Å²) in [6.45, 7) is 7.80. The summed E-state index contributed by atoms with van der Waals surface area (Å²) in [5.74, 6) is 0.384. The Morgan fingerprint density at radius 1 is 1.53 bits per heavy atom. The van der Waals surface area contributed by atoms with Crippen molar-refractivity contribution in [3.8, 4) is 6.07 Å². The van der Waals surface area contributed by atoms with Crippen LogP contribution in [0.3, 0.4) is 0 Å². The number of hydrogen-bond acceptors (Lipinski definition) is 3. The molecule has 0 spiro atoms. The van der Waals surface area contributed by atoms with Crippen molar-refractivity contribution < 1.29 is 9.53 Å². The number of carbonyl (C=O) groups excluding carboxylic acids is 1. The molecule has 0 unspecified atom stereocenters. The first-order valence-corrected chi connectivity index (χ1v) is 5.34. The predicted molar refractivity (Wildman–Crippen MR) is 58.1 cm³/mol. The molecule has 0 saturated heterocycles. The molecular formula is C11H20N2O2. The van der Waals surface area contributed by atoms with Gasteiger partial charge in [-0.1, -0.05) is 13.8 Å². The van der Waals surface area contributed by atoms with E-state index in [1.165, 1.54) is 0 Å². The number of nitrogens with zero attached hydrogens (tertiary/aromatic N) is 2. The lowest BCUT2D eigenvalue weighted by atomic mass is 10.2. The molecule has 1 amide bonds. The molecule has 0 aliphatic heterocycles. The van der Waals surface area contributed by atoms with Gasteiger partial charge in [-0.3, -0.25) is 4.79 Å². The fourth-order valence-corrected chi connectivity index (χ4v) is 1.22. The molecule has 0 radical (unpaired) electrons. The van der Waals surface area contributed by atoms with E-state index in [4.69, 9.17) is 10.00 Å². The second-order valence-electron chi connectivity index (χ2n) is 3.78. The molecular weight excluding hydrogens is 192 g/mol. The summed E-state index contributed by atoms with van der Waals surface area (Å²) in [7, 11) is 0. The maximum Gasteiger partial charge on any atom is 0.248 e. The average molecular weight is 212 g/mol. The van der Waals surface area contributed by atoms with Gasteiger partial charge in [-0.25, -0.2) is 0 Å². The number of amides is 1. The van der Waals surface area contributed by atoms with Crippen LogP contribution in [0.15, 0.2) is 0 Å². The van der Waals surface area contributed by atoms with Gasteiger partial charge in [0.1, 0.15) is 6.61 Å². The number of rotatable bonds is 7. The van der Waals surface area contributed by atoms with E-state index >= 15 is 0 Å². The molecule has 0 N–H and O–H groups in total. The molecule has 0 aromatic heterocycles. The summed E-state index contributed by atoms with van der Waals surface area (Å²) in [4.78, 5) is 13.3. The quantitative estimate of drug-likeness (QED) is 0.641. The Morgan fingerprint density at radius 3 is 2.67 bits per heavy atom. The van der Waals surface area contributed by atoms with E-state index in [0.29, 0.717) is 32.0 Å². The highest BCUT2D eigenvalue weighted by Crippen LogP contribution is 2.01. The van der Waals surface area contributed by atoms with Gasteiger partial charge < -0.3 is 9.64 Å². The normalized spacial score (nSPS) is 10.1. The third-order valence-electron chi connectivity index (χ3n) is 1.86. The topological polar surface area (TPSA) is 53.3 Å². The zero-order chi connectivity index (χ0) is 11.7. The molecule has 0 aromatic carbocycles. The van der Waals surface area contributed by atoms with Crippen LogP contribution in [0.25, 0.3) is 0 Å². The van der Waals surface area contributed by atoms with Crippen molar-refractivity contribution in [2.75, 3.05) is 26.3 Å². The number of carbonyl (C=O) groups is 1. The highest BCUT2D eigenvalue weighted by molar-refractivity contribution is 5.77. The summed E-state index contributed by atoms with van der Waals surface area (Å²) in [6, 6.07) is 2.05. The highest BCUT2D eigenvalue weighted by atomic mass is 16.5. The van der Waals surface area contributed by atoms with Gasteiger partial charge in [0.15, 0.2) is 0 Å². The Labute approximate surface area is 91.8 Å². The lowest BCUT2D eigenvalue weighted by molar-refractivity contribution is -0.136. The fraction of sp³-hybridized carbons (Fsp3) is 0.818. The SMILES string of the molecule is CCOCC(=O)N(CCC#N)CC(C)C. The van der Waals surface area contributed by atoms with E-state index in [-0.39, 0.29) is 12.5 Å². The minimum Gasteiger partial charge on any atom is -0.372 e. The van der Waals surface area contributed by atoms with E-state index in [2.05, 4.69) is 0 Å². The van der Waals surface area contributed by atoms with Crippen molar-refractivity contribution in [1.29, 1.82) is 5.26 Å².